The maximum Gasteiger partial charge on any atom is 0.100 e. The minimum absolute atomic E-state index is 0.0482. The number of ether oxygens (including phenoxy) is 2. The van der Waals surface area contributed by atoms with Crippen LogP contribution < -0.4 is 5.73 Å². The summed E-state index contributed by atoms with van der Waals surface area (Å²) in [5.41, 5.74) is 7.01. The van der Waals surface area contributed by atoms with E-state index >= 15 is 0 Å². The highest BCUT2D eigenvalue weighted by Crippen LogP contribution is 2.18. The van der Waals surface area contributed by atoms with Crippen molar-refractivity contribution in [2.45, 2.75) is 12.1 Å². The summed E-state index contributed by atoms with van der Waals surface area (Å²) < 4.78 is 12.6. The minimum atomic E-state index is -0.149. The van der Waals surface area contributed by atoms with E-state index in [1.807, 2.05) is 13.2 Å². The molecule has 2 N–H and O–H groups in total. The summed E-state index contributed by atoms with van der Waals surface area (Å²) in [6.07, 6.45) is 3.62. The van der Waals surface area contributed by atoms with Gasteiger partial charge in [-0.1, -0.05) is 0 Å². The van der Waals surface area contributed by atoms with Crippen LogP contribution in [0.2, 0.25) is 0 Å². The van der Waals surface area contributed by atoms with Gasteiger partial charge < -0.3 is 15.2 Å². The van der Waals surface area contributed by atoms with Crippen LogP contribution in [0.3, 0.4) is 0 Å². The van der Waals surface area contributed by atoms with Gasteiger partial charge in [-0.2, -0.15) is 5.10 Å². The second-order valence-corrected chi connectivity index (χ2v) is 3.46. The minimum Gasteiger partial charge on any atom is -0.376 e. The summed E-state index contributed by atoms with van der Waals surface area (Å²) in [5, 5.41) is 4.07. The lowest BCUT2D eigenvalue weighted by molar-refractivity contribution is -0.0975. The van der Waals surface area contributed by atoms with Crippen molar-refractivity contribution in [3.63, 3.8) is 0 Å². The molecule has 2 rings (SSSR count). The van der Waals surface area contributed by atoms with E-state index in [1.54, 1.807) is 10.9 Å². The Morgan fingerprint density at radius 2 is 2.50 bits per heavy atom. The van der Waals surface area contributed by atoms with Gasteiger partial charge in [0.15, 0.2) is 0 Å². The standard InChI is InChI=1S/C9H15N3O2/c1-12-5-7(4-11-12)9(10)8-6-13-2-3-14-8/h4-5,8-9H,2-3,6,10H2,1H3. The lowest BCUT2D eigenvalue weighted by Crippen LogP contribution is -2.37. The summed E-state index contributed by atoms with van der Waals surface area (Å²) in [5.74, 6) is 0. The summed E-state index contributed by atoms with van der Waals surface area (Å²) in [4.78, 5) is 0. The third-order valence-corrected chi connectivity index (χ3v) is 2.35. The van der Waals surface area contributed by atoms with Crippen LogP contribution in [-0.4, -0.2) is 35.7 Å². The van der Waals surface area contributed by atoms with Gasteiger partial charge in [-0.3, -0.25) is 4.68 Å². The summed E-state index contributed by atoms with van der Waals surface area (Å²) in [6.45, 7) is 1.85. The fraction of sp³-hybridized carbons (Fsp3) is 0.667. The van der Waals surface area contributed by atoms with E-state index in [4.69, 9.17) is 15.2 Å². The zero-order chi connectivity index (χ0) is 9.97. The molecule has 2 unspecified atom stereocenters. The highest BCUT2D eigenvalue weighted by molar-refractivity contribution is 5.11. The molecule has 0 amide bonds. The number of rotatable bonds is 2. The molecule has 1 aromatic rings. The first-order valence-corrected chi connectivity index (χ1v) is 4.71. The van der Waals surface area contributed by atoms with E-state index in [0.717, 1.165) is 5.56 Å². The van der Waals surface area contributed by atoms with Gasteiger partial charge >= 0.3 is 0 Å². The molecule has 2 heterocycles. The third-order valence-electron chi connectivity index (χ3n) is 2.35. The van der Waals surface area contributed by atoms with Crippen LogP contribution in [0.25, 0.3) is 0 Å². The third kappa shape index (κ3) is 1.95. The summed E-state index contributed by atoms with van der Waals surface area (Å²) in [7, 11) is 1.87. The van der Waals surface area contributed by atoms with Crippen molar-refractivity contribution >= 4 is 0 Å². The molecule has 14 heavy (non-hydrogen) atoms. The van der Waals surface area contributed by atoms with Crippen LogP contribution >= 0.6 is 0 Å². The first-order valence-electron chi connectivity index (χ1n) is 4.71. The molecule has 5 heteroatoms. The van der Waals surface area contributed by atoms with Gasteiger partial charge in [-0.15, -0.1) is 0 Å². The SMILES string of the molecule is Cn1cc(C(N)C2COCCO2)cn1. The molecule has 0 aliphatic carbocycles. The maximum absolute atomic E-state index is 6.02. The Kier molecular flexibility index (Phi) is 2.81. The second kappa shape index (κ2) is 4.08. The van der Waals surface area contributed by atoms with Crippen LogP contribution in [0.4, 0.5) is 0 Å². The van der Waals surface area contributed by atoms with Crippen LogP contribution in [0, 0.1) is 0 Å². The van der Waals surface area contributed by atoms with Gasteiger partial charge in [-0.25, -0.2) is 0 Å². The van der Waals surface area contributed by atoms with Crippen molar-refractivity contribution < 1.29 is 9.47 Å². The van der Waals surface area contributed by atoms with Crippen LogP contribution in [0.1, 0.15) is 11.6 Å². The first-order chi connectivity index (χ1) is 6.77. The number of nitrogens with two attached hydrogens (primary N) is 1. The molecule has 0 bridgehead atoms. The van der Waals surface area contributed by atoms with Crippen molar-refractivity contribution in [1.29, 1.82) is 0 Å². The molecule has 1 aliphatic heterocycles. The highest BCUT2D eigenvalue weighted by Gasteiger charge is 2.24. The average Bonchev–Trinajstić information content (AvgIpc) is 2.65. The molecule has 0 aromatic carbocycles. The predicted octanol–water partition coefficient (Wildman–Crippen LogP) is -0.165. The Morgan fingerprint density at radius 3 is 3.07 bits per heavy atom. The number of aromatic nitrogens is 2. The van der Waals surface area contributed by atoms with E-state index < -0.39 is 0 Å². The van der Waals surface area contributed by atoms with E-state index in [1.165, 1.54) is 0 Å². The van der Waals surface area contributed by atoms with Gasteiger partial charge in [0.1, 0.15) is 6.10 Å². The first kappa shape index (κ1) is 9.64. The molecule has 78 valence electrons. The number of nitrogens with zero attached hydrogens (tertiary/aromatic N) is 2. The van der Waals surface area contributed by atoms with Crippen molar-refractivity contribution in [3.05, 3.63) is 18.0 Å². The molecule has 0 spiro atoms. The fourth-order valence-corrected chi connectivity index (χ4v) is 1.54. The number of hydrogen-bond acceptors (Lipinski definition) is 4. The largest absolute Gasteiger partial charge is 0.376 e. The Hall–Kier alpha value is -0.910. The van der Waals surface area contributed by atoms with E-state index in [-0.39, 0.29) is 12.1 Å². The maximum atomic E-state index is 6.02. The van der Waals surface area contributed by atoms with Gasteiger partial charge in [0.05, 0.1) is 32.1 Å². The monoisotopic (exact) mass is 197 g/mol. The van der Waals surface area contributed by atoms with Crippen molar-refractivity contribution in [2.75, 3.05) is 19.8 Å². The highest BCUT2D eigenvalue weighted by atomic mass is 16.6. The molecular formula is C9H15N3O2. The predicted molar refractivity (Wildman–Crippen MR) is 50.7 cm³/mol. The van der Waals surface area contributed by atoms with Crippen LogP contribution in [0.15, 0.2) is 12.4 Å². The Labute approximate surface area is 82.8 Å². The summed E-state index contributed by atoms with van der Waals surface area (Å²) >= 11 is 0. The zero-order valence-corrected chi connectivity index (χ0v) is 8.22. The number of hydrogen-bond donors (Lipinski definition) is 1. The lowest BCUT2D eigenvalue weighted by atomic mass is 10.1. The molecule has 1 saturated heterocycles. The average molecular weight is 197 g/mol. The molecule has 1 aromatic heterocycles. The topological polar surface area (TPSA) is 62.3 Å². The second-order valence-electron chi connectivity index (χ2n) is 3.46. The number of aryl methyl sites for hydroxylation is 1. The molecule has 0 radical (unpaired) electrons. The smallest absolute Gasteiger partial charge is 0.100 e. The Balaban J connectivity index is 2.03. The zero-order valence-electron chi connectivity index (χ0n) is 8.22. The van der Waals surface area contributed by atoms with E-state index in [2.05, 4.69) is 5.10 Å². The van der Waals surface area contributed by atoms with E-state index in [9.17, 15) is 0 Å². The van der Waals surface area contributed by atoms with E-state index in [0.29, 0.717) is 19.8 Å². The van der Waals surface area contributed by atoms with Crippen molar-refractivity contribution in [1.82, 2.24) is 9.78 Å². The van der Waals surface area contributed by atoms with Gasteiger partial charge in [0.25, 0.3) is 0 Å². The Morgan fingerprint density at radius 1 is 1.64 bits per heavy atom. The molecule has 2 atom stereocenters. The lowest BCUT2D eigenvalue weighted by Gasteiger charge is -2.27. The van der Waals surface area contributed by atoms with Gasteiger partial charge in [0.2, 0.25) is 0 Å². The van der Waals surface area contributed by atoms with Crippen LogP contribution in [-0.2, 0) is 16.5 Å². The van der Waals surface area contributed by atoms with Crippen molar-refractivity contribution in [3.8, 4) is 0 Å². The Bertz CT molecular complexity index is 294. The van der Waals surface area contributed by atoms with Crippen molar-refractivity contribution in [2.24, 2.45) is 12.8 Å². The molecule has 0 saturated carbocycles. The summed E-state index contributed by atoms with van der Waals surface area (Å²) in [6, 6.07) is -0.149. The molecular weight excluding hydrogens is 182 g/mol. The fourth-order valence-electron chi connectivity index (χ4n) is 1.54. The van der Waals surface area contributed by atoms with Gasteiger partial charge in [-0.05, 0) is 0 Å². The molecule has 1 fully saturated rings. The quantitative estimate of drug-likeness (QED) is 0.715. The van der Waals surface area contributed by atoms with Gasteiger partial charge in [0, 0.05) is 18.8 Å². The molecule has 1 aliphatic rings. The van der Waals surface area contributed by atoms with Crippen LogP contribution in [0.5, 0.6) is 0 Å². The normalized spacial score (nSPS) is 24.9. The molecule has 5 nitrogen and oxygen atoms in total.